The van der Waals surface area contributed by atoms with E-state index in [1.165, 1.54) is 31.5 Å². The molecule has 69 heavy (non-hydrogen) atoms. The van der Waals surface area contributed by atoms with Gasteiger partial charge in [0.2, 0.25) is 0 Å². The van der Waals surface area contributed by atoms with Crippen molar-refractivity contribution in [3.8, 4) is 11.5 Å². The van der Waals surface area contributed by atoms with Crippen LogP contribution in [-0.2, 0) is 24.0 Å². The maximum Gasteiger partial charge on any atom is 0.343 e. The highest BCUT2D eigenvalue weighted by atomic mass is 35.5. The summed E-state index contributed by atoms with van der Waals surface area (Å²) in [5.74, 6) is 2.71. The van der Waals surface area contributed by atoms with Crippen LogP contribution in [0.4, 0.5) is 11.4 Å². The molecule has 348 valence electrons. The van der Waals surface area contributed by atoms with Crippen LogP contribution < -0.4 is 20.1 Å². The van der Waals surface area contributed by atoms with E-state index in [4.69, 9.17) is 32.7 Å². The van der Waals surface area contributed by atoms with Crippen LogP contribution in [-0.4, -0.2) is 65.6 Å². The summed E-state index contributed by atoms with van der Waals surface area (Å²) in [5, 5.41) is 23.0. The van der Waals surface area contributed by atoms with Gasteiger partial charge in [-0.2, -0.15) is 15.0 Å². The average molecular weight is 966 g/mol. The molecule has 0 bridgehead atoms. The van der Waals surface area contributed by atoms with Gasteiger partial charge in [-0.1, -0.05) is 89.1 Å². The van der Waals surface area contributed by atoms with Crippen LogP contribution in [0.2, 0.25) is 10.0 Å². The lowest BCUT2D eigenvalue weighted by molar-refractivity contribution is -0.132. The lowest BCUT2D eigenvalue weighted by Crippen LogP contribution is -2.29. The molecule has 16 nitrogen and oxygen atoms in total. The van der Waals surface area contributed by atoms with Gasteiger partial charge in [-0.15, -0.1) is 5.10 Å². The lowest BCUT2D eigenvalue weighted by atomic mass is 10.1. The number of carbonyl (C=O) groups excluding carboxylic acids is 6. The van der Waals surface area contributed by atoms with E-state index in [2.05, 4.69) is 31.1 Å². The van der Waals surface area contributed by atoms with E-state index < -0.39 is 29.9 Å². The molecule has 2 aromatic heterocycles. The predicted octanol–water partition coefficient (Wildman–Crippen LogP) is 9.53. The Morgan fingerprint density at radius 2 is 1.09 bits per heavy atom. The molecule has 0 aliphatic heterocycles. The molecule has 0 aliphatic carbocycles. The average Bonchev–Trinajstić information content (AvgIpc) is 3.96. The Labute approximate surface area is 405 Å². The Kier molecular flexibility index (Phi) is 16.8. The second kappa shape index (κ2) is 23.3. The molecule has 0 aliphatic rings. The number of hydrogen-bond acceptors (Lipinski definition) is 12. The van der Waals surface area contributed by atoms with E-state index in [0.29, 0.717) is 55.0 Å². The van der Waals surface area contributed by atoms with Crippen molar-refractivity contribution in [1.82, 2.24) is 30.0 Å². The predicted molar refractivity (Wildman–Crippen MR) is 262 cm³/mol. The highest BCUT2D eigenvalue weighted by Gasteiger charge is 2.29. The highest BCUT2D eigenvalue weighted by Crippen LogP contribution is 2.28. The first-order chi connectivity index (χ1) is 33.1. The van der Waals surface area contributed by atoms with Gasteiger partial charge in [0.25, 0.3) is 11.8 Å². The summed E-state index contributed by atoms with van der Waals surface area (Å²) in [5.41, 5.74) is 5.31. The topological polar surface area (TPSA) is 206 Å². The number of esters is 2. The number of nitrogens with one attached hydrogen (secondary N) is 2. The minimum atomic E-state index is -1.17. The molecule has 0 saturated heterocycles. The molecular formula is C51H42Cl2N8O8. The number of carbonyl (C=O) groups is 4. The first-order valence-corrected chi connectivity index (χ1v) is 21.7. The van der Waals surface area contributed by atoms with Crippen LogP contribution in [0.5, 0.6) is 11.5 Å². The van der Waals surface area contributed by atoms with Crippen molar-refractivity contribution in [2.24, 2.45) is 0 Å². The van der Waals surface area contributed by atoms with Crippen LogP contribution in [0.15, 0.2) is 151 Å². The van der Waals surface area contributed by atoms with Crippen molar-refractivity contribution in [1.29, 1.82) is 0 Å². The summed E-state index contributed by atoms with van der Waals surface area (Å²) in [6, 6.07) is 37.9. The summed E-state index contributed by atoms with van der Waals surface area (Å²) < 4.78 is 11.5. The maximum absolute atomic E-state index is 13.1. The van der Waals surface area contributed by atoms with Crippen molar-refractivity contribution in [3.63, 3.8) is 0 Å². The molecular weight excluding hydrogens is 924 g/mol. The third-order valence-electron chi connectivity index (χ3n) is 9.84. The normalized spacial score (nSPS) is 11.2. The monoisotopic (exact) mass is 964 g/mol. The Morgan fingerprint density at radius 3 is 1.65 bits per heavy atom. The number of anilines is 2. The van der Waals surface area contributed by atoms with Crippen molar-refractivity contribution in [2.45, 2.75) is 46.7 Å². The molecule has 0 saturated carbocycles. The van der Waals surface area contributed by atoms with Crippen LogP contribution >= 0.6 is 23.2 Å². The van der Waals surface area contributed by atoms with Gasteiger partial charge >= 0.3 is 11.9 Å². The standard InChI is InChI=1S/C25H19ClN4O4.C18H15ClN4O2.C8H8O2/c1-15-8-10-19(26)21(12-15)27-24(32)23(16(2)14-31)30-28-20-11-9-17(13-22(20)29-30)25(33)34-18-6-4-3-5-7-18;1-11-7-8-13(19)15(9-11)20-18(25)17(12(2)10-24)23-16-6-4-3-5-14(16)21-22-23;1-7(9)10-8-5-3-2-4-6-8/h3-13,23H,1-2H3,(H,27,32);3-9,17H,1-2H3,(H,20,25);2-6H,1H3. The number of hydrogen-bond donors (Lipinski definition) is 2. The summed E-state index contributed by atoms with van der Waals surface area (Å²) in [6.45, 7) is 8.14. The second-order valence-electron chi connectivity index (χ2n) is 15.2. The van der Waals surface area contributed by atoms with Crippen LogP contribution in [0.1, 0.15) is 54.3 Å². The van der Waals surface area contributed by atoms with Gasteiger partial charge in [-0.25, -0.2) is 19.1 Å². The Balaban J connectivity index is 0.000000195. The first-order valence-electron chi connectivity index (χ1n) is 20.9. The molecule has 0 spiro atoms. The molecule has 8 aromatic rings. The molecule has 2 N–H and O–H groups in total. The number of ether oxygens (including phenoxy) is 2. The molecule has 2 amide bonds. The van der Waals surface area contributed by atoms with Crippen LogP contribution in [0.25, 0.3) is 22.1 Å². The largest absolute Gasteiger partial charge is 0.427 e. The molecule has 18 heteroatoms. The minimum Gasteiger partial charge on any atom is -0.427 e. The highest BCUT2D eigenvalue weighted by molar-refractivity contribution is 6.34. The summed E-state index contributed by atoms with van der Waals surface area (Å²) in [4.78, 5) is 72.6. The van der Waals surface area contributed by atoms with E-state index in [0.717, 1.165) is 15.9 Å². The Morgan fingerprint density at radius 1 is 0.580 bits per heavy atom. The summed E-state index contributed by atoms with van der Waals surface area (Å²) in [7, 11) is 0. The van der Waals surface area contributed by atoms with E-state index in [1.54, 1.807) is 96.8 Å². The molecule has 2 unspecified atom stereocenters. The van der Waals surface area contributed by atoms with E-state index >= 15 is 0 Å². The second-order valence-corrected chi connectivity index (χ2v) is 16.0. The zero-order chi connectivity index (χ0) is 49.6. The number of fused-ring (bicyclic) bond motifs is 2. The number of rotatable bonds is 11. The fraction of sp³-hybridized carbons (Fsp3) is 0.137. The van der Waals surface area contributed by atoms with Gasteiger partial charge in [0.1, 0.15) is 39.9 Å². The zero-order valence-electron chi connectivity index (χ0n) is 37.6. The zero-order valence-corrected chi connectivity index (χ0v) is 39.2. The van der Waals surface area contributed by atoms with Crippen LogP contribution in [0, 0.1) is 13.8 Å². The maximum atomic E-state index is 13.1. The Bertz CT molecular complexity index is 3270. The number of benzene rings is 6. The Hall–Kier alpha value is -8.52. The molecule has 2 heterocycles. The molecule has 2 atom stereocenters. The number of aryl methyl sites for hydroxylation is 2. The van der Waals surface area contributed by atoms with Gasteiger partial charge in [0, 0.05) is 18.1 Å². The van der Waals surface area contributed by atoms with E-state index in [-0.39, 0.29) is 22.7 Å². The number of amides is 2. The fourth-order valence-electron chi connectivity index (χ4n) is 6.51. The van der Waals surface area contributed by atoms with Crippen molar-refractivity contribution >= 4 is 92.3 Å². The van der Waals surface area contributed by atoms with E-state index in [1.807, 2.05) is 62.4 Å². The molecule has 0 fully saturated rings. The third kappa shape index (κ3) is 13.1. The quantitative estimate of drug-likeness (QED) is 0.0706. The smallest absolute Gasteiger partial charge is 0.343 e. The number of para-hydroxylation sites is 3. The van der Waals surface area contributed by atoms with E-state index in [9.17, 15) is 28.8 Å². The SMILES string of the molecule is CC(=C=O)C(C(=O)Nc1cc(C)ccc1Cl)n1nc2ccc(C(=O)Oc3ccccc3)cc2n1.CC(=C=O)C(C(=O)Nc1cc(C)ccc1Cl)n1nnc2ccccc21.CC(=O)Oc1ccccc1. The van der Waals surface area contributed by atoms with Gasteiger partial charge in [0.05, 0.1) is 32.5 Å². The number of aromatic nitrogens is 6. The molecule has 6 aromatic carbocycles. The van der Waals surface area contributed by atoms with Crippen LogP contribution in [0.3, 0.4) is 0 Å². The van der Waals surface area contributed by atoms with Crippen molar-refractivity contribution in [2.75, 3.05) is 10.6 Å². The summed E-state index contributed by atoms with van der Waals surface area (Å²) in [6.07, 6.45) is 0. The minimum absolute atomic E-state index is 0.0743. The lowest BCUT2D eigenvalue weighted by Gasteiger charge is -2.17. The number of halogens is 2. The number of nitrogens with zero attached hydrogens (tertiary/aromatic N) is 6. The summed E-state index contributed by atoms with van der Waals surface area (Å²) >= 11 is 12.3. The van der Waals surface area contributed by atoms with Gasteiger partial charge in [0.15, 0.2) is 12.1 Å². The third-order valence-corrected chi connectivity index (χ3v) is 10.5. The molecule has 0 radical (unpaired) electrons. The van der Waals surface area contributed by atoms with Crippen molar-refractivity contribution in [3.05, 3.63) is 177 Å². The van der Waals surface area contributed by atoms with Gasteiger partial charge in [-0.3, -0.25) is 14.4 Å². The first kappa shape index (κ1) is 49.9. The molecule has 8 rings (SSSR count). The fourth-order valence-corrected chi connectivity index (χ4v) is 6.84. The van der Waals surface area contributed by atoms with Gasteiger partial charge in [-0.05, 0) is 118 Å². The van der Waals surface area contributed by atoms with Gasteiger partial charge < -0.3 is 20.1 Å². The van der Waals surface area contributed by atoms with Crippen molar-refractivity contribution < 1.29 is 38.2 Å².